The molecule has 2 aromatic rings. The summed E-state index contributed by atoms with van der Waals surface area (Å²) in [7, 11) is 0. The standard InChI is InChI=1S/C22H26N2O3/c1-17(19-5-3-2-4-6-19)13-22(25)24-11-9-23(10-12-24)15-18-7-8-20-21(14-18)27-16-26-20/h2-8,14,17H,9-13,15-16H2,1H3. The second-order valence-corrected chi connectivity index (χ2v) is 7.36. The van der Waals surface area contributed by atoms with Crippen LogP contribution in [0.3, 0.4) is 0 Å². The van der Waals surface area contributed by atoms with Crippen LogP contribution in [0.1, 0.15) is 30.4 Å². The molecule has 1 amide bonds. The van der Waals surface area contributed by atoms with Gasteiger partial charge in [0.15, 0.2) is 11.5 Å². The zero-order valence-corrected chi connectivity index (χ0v) is 15.8. The SMILES string of the molecule is CC(CC(=O)N1CCN(Cc2ccc3c(c2)OCO3)CC1)c1ccccc1. The quantitative estimate of drug-likeness (QED) is 0.815. The first-order valence-electron chi connectivity index (χ1n) is 9.62. The van der Waals surface area contributed by atoms with Crippen molar-refractivity contribution in [3.8, 4) is 11.5 Å². The molecule has 142 valence electrons. The van der Waals surface area contributed by atoms with Gasteiger partial charge in [-0.05, 0) is 29.2 Å². The second-order valence-electron chi connectivity index (χ2n) is 7.36. The largest absolute Gasteiger partial charge is 0.454 e. The molecular formula is C22H26N2O3. The molecule has 0 spiro atoms. The van der Waals surface area contributed by atoms with Crippen LogP contribution in [0.4, 0.5) is 0 Å². The van der Waals surface area contributed by atoms with Gasteiger partial charge >= 0.3 is 0 Å². The van der Waals surface area contributed by atoms with E-state index in [9.17, 15) is 4.79 Å². The number of rotatable bonds is 5. The molecule has 2 aliphatic heterocycles. The Morgan fingerprint density at radius 2 is 1.74 bits per heavy atom. The lowest BCUT2D eigenvalue weighted by Crippen LogP contribution is -2.48. The van der Waals surface area contributed by atoms with Crippen molar-refractivity contribution >= 4 is 5.91 Å². The number of carbonyl (C=O) groups excluding carboxylic acids is 1. The number of fused-ring (bicyclic) bond motifs is 1. The van der Waals surface area contributed by atoms with E-state index in [0.717, 1.165) is 44.2 Å². The summed E-state index contributed by atoms with van der Waals surface area (Å²) in [6.45, 7) is 6.71. The molecule has 4 rings (SSSR count). The maximum absolute atomic E-state index is 12.7. The van der Waals surface area contributed by atoms with Crippen LogP contribution in [0, 0.1) is 0 Å². The molecule has 0 bridgehead atoms. The topological polar surface area (TPSA) is 42.0 Å². The molecule has 0 saturated carbocycles. The number of hydrogen-bond donors (Lipinski definition) is 0. The molecule has 0 aliphatic carbocycles. The van der Waals surface area contributed by atoms with Crippen LogP contribution in [-0.4, -0.2) is 48.7 Å². The predicted octanol–water partition coefficient (Wildman–Crippen LogP) is 3.25. The van der Waals surface area contributed by atoms with Crippen LogP contribution in [0.2, 0.25) is 0 Å². The van der Waals surface area contributed by atoms with Gasteiger partial charge in [0.1, 0.15) is 0 Å². The lowest BCUT2D eigenvalue weighted by atomic mass is 9.97. The molecular weight excluding hydrogens is 340 g/mol. The van der Waals surface area contributed by atoms with Gasteiger partial charge in [0.05, 0.1) is 0 Å². The number of nitrogens with zero attached hydrogens (tertiary/aromatic N) is 2. The number of piperazine rings is 1. The highest BCUT2D eigenvalue weighted by Gasteiger charge is 2.23. The first kappa shape index (κ1) is 17.9. The average Bonchev–Trinajstić information content (AvgIpc) is 3.17. The summed E-state index contributed by atoms with van der Waals surface area (Å²) in [6, 6.07) is 16.4. The molecule has 1 saturated heterocycles. The molecule has 27 heavy (non-hydrogen) atoms. The molecule has 0 N–H and O–H groups in total. The number of benzene rings is 2. The van der Waals surface area contributed by atoms with Gasteiger partial charge in [-0.2, -0.15) is 0 Å². The van der Waals surface area contributed by atoms with Crippen molar-refractivity contribution in [3.63, 3.8) is 0 Å². The smallest absolute Gasteiger partial charge is 0.231 e. The fourth-order valence-electron chi connectivity index (χ4n) is 3.74. The van der Waals surface area contributed by atoms with E-state index < -0.39 is 0 Å². The van der Waals surface area contributed by atoms with Crippen LogP contribution >= 0.6 is 0 Å². The van der Waals surface area contributed by atoms with Crippen molar-refractivity contribution in [1.29, 1.82) is 0 Å². The fraction of sp³-hybridized carbons (Fsp3) is 0.409. The second kappa shape index (κ2) is 8.01. The van der Waals surface area contributed by atoms with E-state index in [0.29, 0.717) is 13.2 Å². The Balaban J connectivity index is 1.26. The van der Waals surface area contributed by atoms with Crippen LogP contribution in [0.25, 0.3) is 0 Å². The minimum Gasteiger partial charge on any atom is -0.454 e. The van der Waals surface area contributed by atoms with E-state index in [1.54, 1.807) is 0 Å². The molecule has 0 aromatic heterocycles. The minimum atomic E-state index is 0.255. The van der Waals surface area contributed by atoms with Gasteiger partial charge < -0.3 is 14.4 Å². The highest BCUT2D eigenvalue weighted by molar-refractivity contribution is 5.77. The van der Waals surface area contributed by atoms with E-state index in [-0.39, 0.29) is 11.8 Å². The van der Waals surface area contributed by atoms with E-state index >= 15 is 0 Å². The summed E-state index contributed by atoms with van der Waals surface area (Å²) in [5, 5.41) is 0. The molecule has 1 atom stereocenters. The Morgan fingerprint density at radius 3 is 2.52 bits per heavy atom. The number of amides is 1. The van der Waals surface area contributed by atoms with Crippen LogP contribution in [0.5, 0.6) is 11.5 Å². The Bertz CT molecular complexity index is 785. The summed E-state index contributed by atoms with van der Waals surface area (Å²) < 4.78 is 10.8. The minimum absolute atomic E-state index is 0.255. The summed E-state index contributed by atoms with van der Waals surface area (Å²) in [6.07, 6.45) is 0.576. The third-order valence-corrected chi connectivity index (χ3v) is 5.42. The van der Waals surface area contributed by atoms with Crippen molar-refractivity contribution in [3.05, 3.63) is 59.7 Å². The molecule has 1 fully saturated rings. The maximum atomic E-state index is 12.7. The van der Waals surface area contributed by atoms with Crippen molar-refractivity contribution in [2.45, 2.75) is 25.8 Å². The highest BCUT2D eigenvalue weighted by atomic mass is 16.7. The summed E-state index contributed by atoms with van der Waals surface area (Å²) in [5.41, 5.74) is 2.45. The van der Waals surface area contributed by atoms with Crippen molar-refractivity contribution in [2.24, 2.45) is 0 Å². The first-order valence-corrected chi connectivity index (χ1v) is 9.62. The normalized spacial score (nSPS) is 17.7. The fourth-order valence-corrected chi connectivity index (χ4v) is 3.74. The van der Waals surface area contributed by atoms with Gasteiger partial charge in [-0.25, -0.2) is 0 Å². The van der Waals surface area contributed by atoms with Gasteiger partial charge in [-0.15, -0.1) is 0 Å². The van der Waals surface area contributed by atoms with Crippen molar-refractivity contribution in [2.75, 3.05) is 33.0 Å². The third-order valence-electron chi connectivity index (χ3n) is 5.42. The monoisotopic (exact) mass is 366 g/mol. The third kappa shape index (κ3) is 4.25. The number of ether oxygens (including phenoxy) is 2. The zero-order valence-electron chi connectivity index (χ0n) is 15.8. The number of hydrogen-bond acceptors (Lipinski definition) is 4. The Labute approximate surface area is 160 Å². The van der Waals surface area contributed by atoms with Gasteiger partial charge in [-0.1, -0.05) is 43.3 Å². The van der Waals surface area contributed by atoms with Gasteiger partial charge in [-0.3, -0.25) is 9.69 Å². The Hall–Kier alpha value is -2.53. The Kier molecular flexibility index (Phi) is 5.30. The lowest BCUT2D eigenvalue weighted by Gasteiger charge is -2.35. The van der Waals surface area contributed by atoms with E-state index in [2.05, 4.69) is 36.1 Å². The average molecular weight is 366 g/mol. The molecule has 2 aromatic carbocycles. The van der Waals surface area contributed by atoms with Crippen LogP contribution in [-0.2, 0) is 11.3 Å². The molecule has 5 nitrogen and oxygen atoms in total. The first-order chi connectivity index (χ1) is 13.2. The molecule has 1 unspecified atom stereocenters. The van der Waals surface area contributed by atoms with Crippen molar-refractivity contribution in [1.82, 2.24) is 9.80 Å². The highest BCUT2D eigenvalue weighted by Crippen LogP contribution is 2.32. The maximum Gasteiger partial charge on any atom is 0.231 e. The van der Waals surface area contributed by atoms with E-state index in [1.165, 1.54) is 11.1 Å². The number of carbonyl (C=O) groups is 1. The molecule has 0 radical (unpaired) electrons. The lowest BCUT2D eigenvalue weighted by molar-refractivity contribution is -0.133. The van der Waals surface area contributed by atoms with Crippen LogP contribution < -0.4 is 9.47 Å². The Morgan fingerprint density at radius 1 is 1.00 bits per heavy atom. The summed E-state index contributed by atoms with van der Waals surface area (Å²) in [4.78, 5) is 17.1. The van der Waals surface area contributed by atoms with Gasteiger partial charge in [0, 0.05) is 39.1 Å². The van der Waals surface area contributed by atoms with Gasteiger partial charge in [0.25, 0.3) is 0 Å². The predicted molar refractivity (Wildman–Crippen MR) is 104 cm³/mol. The zero-order chi connectivity index (χ0) is 18.6. The van der Waals surface area contributed by atoms with Crippen molar-refractivity contribution < 1.29 is 14.3 Å². The van der Waals surface area contributed by atoms with E-state index in [1.807, 2.05) is 29.2 Å². The summed E-state index contributed by atoms with van der Waals surface area (Å²) in [5.74, 6) is 2.16. The molecule has 2 heterocycles. The summed E-state index contributed by atoms with van der Waals surface area (Å²) >= 11 is 0. The van der Waals surface area contributed by atoms with Gasteiger partial charge in [0.2, 0.25) is 12.7 Å². The molecule has 2 aliphatic rings. The van der Waals surface area contributed by atoms with E-state index in [4.69, 9.17) is 9.47 Å². The van der Waals surface area contributed by atoms with Crippen LogP contribution in [0.15, 0.2) is 48.5 Å². The molecule has 5 heteroatoms.